The predicted octanol–water partition coefficient (Wildman–Crippen LogP) is -2.90. The SMILES string of the molecule is NC(=O)c1ccc[n+]([C@@H]2O[C@H](COP(=O)(O)OP(=O)(O)OC[C@H]3O[C@@H](n4cnc5c(N)ncnc54)[C@@H](OP(=O)(O)O)[C@@H]3O)[C@@H](O)[C@H]2O)c1. The lowest BCUT2D eigenvalue weighted by atomic mass is 10.1. The van der Waals surface area contributed by atoms with Crippen LogP contribution in [0.4, 0.5) is 5.82 Å². The summed E-state index contributed by atoms with van der Waals surface area (Å²) in [5, 5.41) is 31.5. The molecule has 0 bridgehead atoms. The summed E-state index contributed by atoms with van der Waals surface area (Å²) >= 11 is 0. The number of amides is 1. The zero-order valence-corrected chi connectivity index (χ0v) is 26.6. The monoisotopic (exact) mass is 744 g/mol. The van der Waals surface area contributed by atoms with Gasteiger partial charge >= 0.3 is 23.5 Å². The van der Waals surface area contributed by atoms with Crippen LogP contribution >= 0.6 is 23.5 Å². The van der Waals surface area contributed by atoms with Gasteiger partial charge < -0.3 is 55.8 Å². The molecular weight excluding hydrogens is 715 g/mol. The van der Waals surface area contributed by atoms with Gasteiger partial charge in [0.1, 0.15) is 47.9 Å². The van der Waals surface area contributed by atoms with Crippen LogP contribution in [0.5, 0.6) is 0 Å². The number of aliphatic hydroxyl groups is 3. The predicted molar refractivity (Wildman–Crippen MR) is 150 cm³/mol. The molecule has 1 amide bonds. The number of pyridine rings is 1. The lowest BCUT2D eigenvalue weighted by Crippen LogP contribution is -2.46. The lowest BCUT2D eigenvalue weighted by Gasteiger charge is -2.22. The fourth-order valence-corrected chi connectivity index (χ4v) is 7.47. The molecule has 264 valence electrons. The van der Waals surface area contributed by atoms with Gasteiger partial charge in [-0.05, 0) is 6.07 Å². The molecule has 11 N–H and O–H groups in total. The van der Waals surface area contributed by atoms with Crippen molar-refractivity contribution < 1.29 is 85.3 Å². The summed E-state index contributed by atoms with van der Waals surface area (Å²) in [6, 6.07) is 2.79. The Hall–Kier alpha value is -2.86. The maximum atomic E-state index is 12.6. The Morgan fingerprint density at radius 3 is 2.23 bits per heavy atom. The fraction of sp³-hybridized carbons (Fsp3) is 0.476. The number of imidazole rings is 1. The zero-order chi connectivity index (χ0) is 35.2. The van der Waals surface area contributed by atoms with Crippen molar-refractivity contribution in [3.05, 3.63) is 42.7 Å². The highest BCUT2D eigenvalue weighted by Gasteiger charge is 2.51. The van der Waals surface area contributed by atoms with Crippen molar-refractivity contribution in [2.24, 2.45) is 5.73 Å². The second-order valence-corrected chi connectivity index (χ2v) is 14.5. The highest BCUT2D eigenvalue weighted by molar-refractivity contribution is 7.61. The minimum atomic E-state index is -5.52. The molecule has 0 aliphatic carbocycles. The molecule has 0 saturated carbocycles. The third-order valence-corrected chi connectivity index (χ3v) is 10.1. The van der Waals surface area contributed by atoms with E-state index in [4.69, 9.17) is 30.0 Å². The van der Waals surface area contributed by atoms with Gasteiger partial charge in [0.15, 0.2) is 36.2 Å². The summed E-state index contributed by atoms with van der Waals surface area (Å²) < 4.78 is 68.4. The first-order valence-corrected chi connectivity index (χ1v) is 17.9. The molecule has 10 atom stereocenters. The summed E-state index contributed by atoms with van der Waals surface area (Å²) in [5.41, 5.74) is 11.1. The quantitative estimate of drug-likeness (QED) is 0.0626. The maximum absolute atomic E-state index is 12.6. The highest BCUT2D eigenvalue weighted by Crippen LogP contribution is 2.61. The van der Waals surface area contributed by atoms with E-state index in [0.717, 1.165) is 17.2 Å². The number of nitrogen functional groups attached to an aromatic ring is 1. The van der Waals surface area contributed by atoms with Gasteiger partial charge in [0.05, 0.1) is 19.5 Å². The lowest BCUT2D eigenvalue weighted by molar-refractivity contribution is -0.765. The standard InChI is InChI=1S/C21H28N7O17P3/c22-17-12-19(25-7-24-17)28(8-26-12)21-16(44-46(33,34)35)14(30)11(43-21)6-41-48(38,39)45-47(36,37)40-5-10-13(29)15(31)20(42-10)27-3-1-2-9(4-27)18(23)32/h1-4,7-8,10-11,13-16,20-21,29-31H,5-6H2,(H7-,22,23,24,25,32,33,34,35,36,37,38,39)/p+1/t10-,11-,13-,14-,15-,16+,20-,21-/m1/s1. The number of nitrogens with zero attached hydrogens (tertiary/aromatic N) is 5. The number of carbonyl (C=O) groups is 1. The number of aromatic nitrogens is 5. The Morgan fingerprint density at radius 1 is 0.958 bits per heavy atom. The van der Waals surface area contributed by atoms with Crippen LogP contribution in [0.2, 0.25) is 0 Å². The van der Waals surface area contributed by atoms with Gasteiger partial charge in [-0.25, -0.2) is 28.6 Å². The summed E-state index contributed by atoms with van der Waals surface area (Å²) in [5.74, 6) is -0.848. The first-order chi connectivity index (χ1) is 22.4. The van der Waals surface area contributed by atoms with E-state index < -0.39 is 91.7 Å². The molecule has 27 heteroatoms. The molecule has 2 aliphatic rings. The van der Waals surface area contributed by atoms with E-state index in [1.165, 1.54) is 29.1 Å². The smallest absolute Gasteiger partial charge is 0.387 e. The van der Waals surface area contributed by atoms with E-state index in [0.29, 0.717) is 0 Å². The van der Waals surface area contributed by atoms with Crippen molar-refractivity contribution in [3.63, 3.8) is 0 Å². The Kier molecular flexibility index (Phi) is 10.5. The molecule has 0 aromatic carbocycles. The van der Waals surface area contributed by atoms with Crippen molar-refractivity contribution in [1.82, 2.24) is 19.5 Å². The number of ether oxygens (including phenoxy) is 2. The number of aliphatic hydroxyl groups excluding tert-OH is 3. The molecule has 5 heterocycles. The molecule has 2 aliphatic heterocycles. The number of rotatable bonds is 13. The first kappa shape index (κ1) is 36.4. The van der Waals surface area contributed by atoms with E-state index in [-0.39, 0.29) is 22.5 Å². The van der Waals surface area contributed by atoms with Gasteiger partial charge in [-0.1, -0.05) is 0 Å². The molecule has 2 unspecified atom stereocenters. The molecule has 5 rings (SSSR count). The average Bonchev–Trinajstić information content (AvgIpc) is 3.64. The van der Waals surface area contributed by atoms with Gasteiger partial charge in [0.25, 0.3) is 12.1 Å². The Morgan fingerprint density at radius 2 is 1.60 bits per heavy atom. The fourth-order valence-electron chi connectivity index (χ4n) is 4.83. The normalized spacial score (nSPS) is 30.3. The number of fused-ring (bicyclic) bond motifs is 1. The molecule has 2 saturated heterocycles. The molecule has 3 aromatic rings. The van der Waals surface area contributed by atoms with E-state index in [2.05, 4.69) is 23.8 Å². The van der Waals surface area contributed by atoms with Crippen LogP contribution in [0.15, 0.2) is 37.2 Å². The maximum Gasteiger partial charge on any atom is 0.481 e. The Balaban J connectivity index is 1.21. The van der Waals surface area contributed by atoms with Gasteiger partial charge in [-0.3, -0.25) is 22.9 Å². The van der Waals surface area contributed by atoms with Crippen LogP contribution in [-0.2, 0) is 41.1 Å². The number of anilines is 1. The summed E-state index contributed by atoms with van der Waals surface area (Å²) in [6.45, 7) is -2.03. The molecule has 3 aromatic heterocycles. The molecule has 48 heavy (non-hydrogen) atoms. The second-order valence-electron chi connectivity index (χ2n) is 10.3. The highest BCUT2D eigenvalue weighted by atomic mass is 31.3. The molecular formula is C21H29N7O17P3+. The summed E-state index contributed by atoms with van der Waals surface area (Å²) in [4.78, 5) is 62.2. The molecule has 0 radical (unpaired) electrons. The number of primary amides is 1. The van der Waals surface area contributed by atoms with Crippen LogP contribution in [0, 0.1) is 0 Å². The van der Waals surface area contributed by atoms with Crippen molar-refractivity contribution in [1.29, 1.82) is 0 Å². The van der Waals surface area contributed by atoms with Crippen molar-refractivity contribution in [2.45, 2.75) is 49.1 Å². The van der Waals surface area contributed by atoms with Crippen LogP contribution in [0.25, 0.3) is 11.2 Å². The van der Waals surface area contributed by atoms with Crippen molar-refractivity contribution in [3.8, 4) is 0 Å². The van der Waals surface area contributed by atoms with E-state index in [1.54, 1.807) is 0 Å². The topological polar surface area (TPSA) is 365 Å². The van der Waals surface area contributed by atoms with Crippen LogP contribution in [0.3, 0.4) is 0 Å². The van der Waals surface area contributed by atoms with Crippen LogP contribution < -0.4 is 16.0 Å². The van der Waals surface area contributed by atoms with E-state index in [1.807, 2.05) is 0 Å². The van der Waals surface area contributed by atoms with Crippen molar-refractivity contribution >= 4 is 46.4 Å². The number of hydrogen-bond donors (Lipinski definition) is 9. The second kappa shape index (κ2) is 13.8. The number of carbonyl (C=O) groups excluding carboxylic acids is 1. The number of hydrogen-bond acceptors (Lipinski definition) is 17. The molecule has 0 spiro atoms. The minimum absolute atomic E-state index is 0.00286. The number of nitrogens with two attached hydrogens (primary N) is 2. The summed E-state index contributed by atoms with van der Waals surface area (Å²) in [6.07, 6.45) is -8.39. The zero-order valence-electron chi connectivity index (χ0n) is 23.9. The number of phosphoric acid groups is 3. The van der Waals surface area contributed by atoms with E-state index >= 15 is 0 Å². The minimum Gasteiger partial charge on any atom is -0.387 e. The third-order valence-electron chi connectivity index (χ3n) is 6.98. The third kappa shape index (κ3) is 8.12. The summed E-state index contributed by atoms with van der Waals surface area (Å²) in [7, 11) is -16.3. The van der Waals surface area contributed by atoms with Crippen LogP contribution in [0.1, 0.15) is 22.8 Å². The van der Waals surface area contributed by atoms with Crippen molar-refractivity contribution in [2.75, 3.05) is 18.9 Å². The number of phosphoric ester groups is 3. The van der Waals surface area contributed by atoms with Gasteiger partial charge in [0, 0.05) is 6.07 Å². The Bertz CT molecular complexity index is 1810. The molecule has 24 nitrogen and oxygen atoms in total. The Labute approximate surface area is 267 Å². The van der Waals surface area contributed by atoms with Gasteiger partial charge in [-0.15, -0.1) is 0 Å². The van der Waals surface area contributed by atoms with E-state index in [9.17, 15) is 53.4 Å². The first-order valence-electron chi connectivity index (χ1n) is 13.3. The largest absolute Gasteiger partial charge is 0.481 e. The van der Waals surface area contributed by atoms with Gasteiger partial charge in [-0.2, -0.15) is 8.88 Å². The average molecular weight is 744 g/mol. The molecule has 2 fully saturated rings. The van der Waals surface area contributed by atoms with Crippen LogP contribution in [-0.4, -0.2) is 110 Å². The van der Waals surface area contributed by atoms with Gasteiger partial charge in [0.2, 0.25) is 0 Å².